The van der Waals surface area contributed by atoms with E-state index in [0.717, 1.165) is 64.2 Å². The Labute approximate surface area is 405 Å². The van der Waals surface area contributed by atoms with E-state index in [-0.39, 0.29) is 18.5 Å². The van der Waals surface area contributed by atoms with Crippen molar-refractivity contribution in [2.75, 3.05) is 13.2 Å². The fourth-order valence-corrected chi connectivity index (χ4v) is 9.02. The summed E-state index contributed by atoms with van der Waals surface area (Å²) in [5.41, 5.74) is 0. The van der Waals surface area contributed by atoms with Crippen LogP contribution in [0.4, 0.5) is 0 Å². The van der Waals surface area contributed by atoms with Crippen LogP contribution in [0, 0.1) is 0 Å². The molecular weight excluding hydrogens is 803 g/mol. The summed E-state index contributed by atoms with van der Waals surface area (Å²) in [6.45, 7) is 4.91. The lowest BCUT2D eigenvalue weighted by atomic mass is 10.0. The number of nitrogens with one attached hydrogen (secondary N) is 1. The molecule has 0 aromatic carbocycles. The molecule has 0 heterocycles. The molecule has 0 radical (unpaired) electrons. The van der Waals surface area contributed by atoms with Gasteiger partial charge in [0.25, 0.3) is 0 Å². The van der Waals surface area contributed by atoms with Crippen molar-refractivity contribution in [3.8, 4) is 0 Å². The van der Waals surface area contributed by atoms with Gasteiger partial charge in [-0.25, -0.2) is 0 Å². The van der Waals surface area contributed by atoms with Crippen molar-refractivity contribution in [2.24, 2.45) is 0 Å². The maximum absolute atomic E-state index is 12.5. The van der Waals surface area contributed by atoms with Gasteiger partial charge in [-0.05, 0) is 57.8 Å². The average Bonchev–Trinajstić information content (AvgIpc) is 3.31. The summed E-state index contributed by atoms with van der Waals surface area (Å²) in [6.07, 6.45) is 65.9. The summed E-state index contributed by atoms with van der Waals surface area (Å²) < 4.78 is 5.47. The number of ether oxygens (including phenoxy) is 1. The second kappa shape index (κ2) is 54.9. The van der Waals surface area contributed by atoms with Crippen LogP contribution in [0.1, 0.15) is 316 Å². The maximum Gasteiger partial charge on any atom is 0.305 e. The molecule has 0 bridgehead atoms. The number of aliphatic hydroxyl groups excluding tert-OH is 2. The Balaban J connectivity index is 3.45. The second-order valence-electron chi connectivity index (χ2n) is 20.0. The number of carbonyl (C=O) groups excluding carboxylic acids is 2. The van der Waals surface area contributed by atoms with Gasteiger partial charge >= 0.3 is 5.97 Å². The van der Waals surface area contributed by atoms with Crippen molar-refractivity contribution in [1.29, 1.82) is 0 Å². The number of amides is 1. The smallest absolute Gasteiger partial charge is 0.305 e. The molecule has 0 aliphatic heterocycles. The van der Waals surface area contributed by atoms with Gasteiger partial charge in [0.1, 0.15) is 0 Å². The van der Waals surface area contributed by atoms with E-state index in [1.165, 1.54) is 218 Å². The number of allylic oxidation sites excluding steroid dienone is 4. The highest BCUT2D eigenvalue weighted by Crippen LogP contribution is 2.17. The Kier molecular flexibility index (Phi) is 53.5. The largest absolute Gasteiger partial charge is 0.466 e. The van der Waals surface area contributed by atoms with Crippen LogP contribution in [-0.4, -0.2) is 47.4 Å². The monoisotopic (exact) mass is 916 g/mol. The van der Waals surface area contributed by atoms with E-state index in [1.807, 2.05) is 0 Å². The van der Waals surface area contributed by atoms with Gasteiger partial charge in [-0.2, -0.15) is 0 Å². The third-order valence-corrected chi connectivity index (χ3v) is 13.5. The summed E-state index contributed by atoms with van der Waals surface area (Å²) >= 11 is 0. The highest BCUT2D eigenvalue weighted by atomic mass is 16.5. The third kappa shape index (κ3) is 51.6. The normalized spacial score (nSPS) is 12.7. The lowest BCUT2D eigenvalue weighted by Gasteiger charge is -2.22. The Morgan fingerprint density at radius 2 is 0.769 bits per heavy atom. The number of rotatable bonds is 54. The molecule has 0 aromatic heterocycles. The number of carbonyl (C=O) groups is 2. The molecule has 65 heavy (non-hydrogen) atoms. The van der Waals surface area contributed by atoms with Crippen molar-refractivity contribution in [2.45, 2.75) is 328 Å². The minimum Gasteiger partial charge on any atom is -0.466 e. The number of esters is 1. The zero-order valence-electron chi connectivity index (χ0n) is 43.7. The van der Waals surface area contributed by atoms with Crippen LogP contribution in [0.2, 0.25) is 0 Å². The first-order chi connectivity index (χ1) is 32.0. The Morgan fingerprint density at radius 3 is 1.20 bits per heavy atom. The Bertz CT molecular complexity index is 1010. The molecule has 2 unspecified atom stereocenters. The number of hydrogen-bond acceptors (Lipinski definition) is 5. The minimum atomic E-state index is -0.676. The van der Waals surface area contributed by atoms with E-state index in [4.69, 9.17) is 4.74 Å². The summed E-state index contributed by atoms with van der Waals surface area (Å²) in [5.74, 6) is -0.0648. The van der Waals surface area contributed by atoms with Crippen LogP contribution < -0.4 is 5.32 Å². The first-order valence-electron chi connectivity index (χ1n) is 29.1. The van der Waals surface area contributed by atoms with E-state index in [1.54, 1.807) is 0 Å². The first kappa shape index (κ1) is 63.3. The Morgan fingerprint density at radius 1 is 0.431 bits per heavy atom. The van der Waals surface area contributed by atoms with E-state index in [0.29, 0.717) is 25.9 Å². The fourth-order valence-electron chi connectivity index (χ4n) is 9.02. The summed E-state index contributed by atoms with van der Waals surface area (Å²) in [4.78, 5) is 24.6. The predicted molar refractivity (Wildman–Crippen MR) is 283 cm³/mol. The predicted octanol–water partition coefficient (Wildman–Crippen LogP) is 17.9. The van der Waals surface area contributed by atoms with Gasteiger partial charge in [-0.1, -0.05) is 269 Å². The number of unbranched alkanes of at least 4 members (excludes halogenated alkanes) is 39. The molecule has 0 fully saturated rings. The SMILES string of the molecule is CCCCC/C=C\C/C=C\CCCCCCCCCC(=O)OCCCCCCCCCCCCCCC(=O)NC(CO)C(O)CCCCCCCCCCCCCCCCCCCCC. The summed E-state index contributed by atoms with van der Waals surface area (Å²) in [7, 11) is 0. The molecule has 1 amide bonds. The van der Waals surface area contributed by atoms with Gasteiger partial charge in [0.05, 0.1) is 25.4 Å². The average molecular weight is 917 g/mol. The molecule has 0 rings (SSSR count). The van der Waals surface area contributed by atoms with Gasteiger partial charge in [0.15, 0.2) is 0 Å². The molecule has 0 aliphatic rings. The van der Waals surface area contributed by atoms with Crippen LogP contribution >= 0.6 is 0 Å². The summed E-state index contributed by atoms with van der Waals surface area (Å²) in [5, 5.41) is 23.3. The molecule has 0 saturated heterocycles. The van der Waals surface area contributed by atoms with E-state index in [2.05, 4.69) is 43.5 Å². The standard InChI is InChI=1S/C59H113NO5/c1-3-5-7-9-11-13-15-17-19-21-22-24-25-27-31-35-39-43-47-51-57(62)56(55-61)60-58(63)52-48-44-40-36-32-29-30-34-38-42-46-50-54-65-59(64)53-49-45-41-37-33-28-26-23-20-18-16-14-12-10-8-6-4-2/h12,14,18,20,56-57,61-62H,3-11,13,15-17,19,21-55H2,1-2H3,(H,60,63)/b14-12-,20-18-. The molecule has 0 aromatic rings. The molecule has 0 spiro atoms. The van der Waals surface area contributed by atoms with Crippen LogP contribution in [0.5, 0.6) is 0 Å². The highest BCUT2D eigenvalue weighted by molar-refractivity contribution is 5.76. The molecule has 6 nitrogen and oxygen atoms in total. The molecule has 384 valence electrons. The van der Waals surface area contributed by atoms with Crippen molar-refractivity contribution < 1.29 is 24.5 Å². The van der Waals surface area contributed by atoms with Crippen molar-refractivity contribution >= 4 is 11.9 Å². The van der Waals surface area contributed by atoms with Crippen LogP contribution in [0.25, 0.3) is 0 Å². The van der Waals surface area contributed by atoms with Gasteiger partial charge in [0, 0.05) is 12.8 Å². The van der Waals surface area contributed by atoms with Crippen LogP contribution in [-0.2, 0) is 14.3 Å². The molecule has 0 saturated carbocycles. The van der Waals surface area contributed by atoms with E-state index < -0.39 is 12.1 Å². The maximum atomic E-state index is 12.5. The number of aliphatic hydroxyl groups is 2. The summed E-state index contributed by atoms with van der Waals surface area (Å²) in [6, 6.07) is -0.554. The quantitative estimate of drug-likeness (QED) is 0.0321. The fraction of sp³-hybridized carbons (Fsp3) is 0.898. The van der Waals surface area contributed by atoms with Crippen LogP contribution in [0.3, 0.4) is 0 Å². The lowest BCUT2D eigenvalue weighted by molar-refractivity contribution is -0.143. The lowest BCUT2D eigenvalue weighted by Crippen LogP contribution is -2.45. The van der Waals surface area contributed by atoms with E-state index in [9.17, 15) is 19.8 Å². The third-order valence-electron chi connectivity index (χ3n) is 13.5. The van der Waals surface area contributed by atoms with Gasteiger partial charge in [-0.3, -0.25) is 9.59 Å². The first-order valence-corrected chi connectivity index (χ1v) is 29.1. The molecule has 3 N–H and O–H groups in total. The van der Waals surface area contributed by atoms with Gasteiger partial charge in [0.2, 0.25) is 5.91 Å². The zero-order valence-corrected chi connectivity index (χ0v) is 43.7. The molecule has 2 atom stereocenters. The molecule has 6 heteroatoms. The zero-order chi connectivity index (χ0) is 47.2. The Hall–Kier alpha value is -1.66. The van der Waals surface area contributed by atoms with Gasteiger partial charge in [-0.15, -0.1) is 0 Å². The van der Waals surface area contributed by atoms with Gasteiger partial charge < -0.3 is 20.3 Å². The number of hydrogen-bond donors (Lipinski definition) is 3. The van der Waals surface area contributed by atoms with Crippen molar-refractivity contribution in [3.63, 3.8) is 0 Å². The molecular formula is C59H113NO5. The molecule has 0 aliphatic carbocycles. The van der Waals surface area contributed by atoms with Crippen molar-refractivity contribution in [3.05, 3.63) is 24.3 Å². The minimum absolute atomic E-state index is 0.0162. The second-order valence-corrected chi connectivity index (χ2v) is 20.0. The van der Waals surface area contributed by atoms with Crippen molar-refractivity contribution in [1.82, 2.24) is 5.32 Å². The topological polar surface area (TPSA) is 95.9 Å². The highest BCUT2D eigenvalue weighted by Gasteiger charge is 2.20. The van der Waals surface area contributed by atoms with Crippen LogP contribution in [0.15, 0.2) is 24.3 Å². The van der Waals surface area contributed by atoms with E-state index >= 15 is 0 Å².